The summed E-state index contributed by atoms with van der Waals surface area (Å²) in [6, 6.07) is 8.19. The lowest BCUT2D eigenvalue weighted by Crippen LogP contribution is -2.18. The lowest BCUT2D eigenvalue weighted by molar-refractivity contribution is 0.852. The Balaban J connectivity index is 2.85. The molecule has 0 radical (unpaired) electrons. The zero-order chi connectivity index (χ0) is 11.3. The van der Waals surface area contributed by atoms with Gasteiger partial charge in [0.25, 0.3) is 0 Å². The minimum absolute atomic E-state index is 0.478. The monoisotopic (exact) mass is 218 g/mol. The maximum Gasteiger partial charge on any atom is 0.181 e. The fourth-order valence-electron chi connectivity index (χ4n) is 1.54. The molecule has 0 aliphatic heterocycles. The Bertz CT molecular complexity index is 391. The molecule has 2 nitrogen and oxygen atoms in total. The van der Waals surface area contributed by atoms with Gasteiger partial charge in [0.1, 0.15) is 0 Å². The lowest BCUT2D eigenvalue weighted by atomic mass is 9.95. The SMILES string of the molecule is CC(C)c1ccccc1CC(=S)NC#N. The molecule has 15 heavy (non-hydrogen) atoms. The second-order valence-electron chi connectivity index (χ2n) is 3.69. The standard InChI is InChI=1S/C12H14N2S/c1-9(2)11-6-4-3-5-10(11)7-12(15)14-8-13/h3-6,9H,7H2,1-2H3,(H,14,15). The van der Waals surface area contributed by atoms with Crippen LogP contribution in [-0.4, -0.2) is 4.99 Å². The number of benzene rings is 1. The summed E-state index contributed by atoms with van der Waals surface area (Å²) in [5, 5.41) is 10.9. The summed E-state index contributed by atoms with van der Waals surface area (Å²) in [5.74, 6) is 0.478. The molecule has 0 atom stereocenters. The number of nitriles is 1. The first-order chi connectivity index (χ1) is 7.15. The third-order valence-corrected chi connectivity index (χ3v) is 2.47. The minimum Gasteiger partial charge on any atom is -0.286 e. The summed E-state index contributed by atoms with van der Waals surface area (Å²) in [5.41, 5.74) is 2.49. The molecular formula is C12H14N2S. The number of hydrogen-bond donors (Lipinski definition) is 1. The van der Waals surface area contributed by atoms with Crippen LogP contribution < -0.4 is 5.32 Å². The fraction of sp³-hybridized carbons (Fsp3) is 0.333. The molecule has 78 valence electrons. The van der Waals surface area contributed by atoms with Gasteiger partial charge in [-0.2, -0.15) is 5.26 Å². The zero-order valence-corrected chi connectivity index (χ0v) is 9.77. The molecular weight excluding hydrogens is 204 g/mol. The van der Waals surface area contributed by atoms with Crippen LogP contribution in [0.25, 0.3) is 0 Å². The molecule has 1 aromatic carbocycles. The Morgan fingerprint density at radius 2 is 2.13 bits per heavy atom. The largest absolute Gasteiger partial charge is 0.286 e. The van der Waals surface area contributed by atoms with Crippen LogP contribution in [0.15, 0.2) is 24.3 Å². The number of nitrogens with zero attached hydrogens (tertiary/aromatic N) is 1. The van der Waals surface area contributed by atoms with Crippen LogP contribution in [0.2, 0.25) is 0 Å². The van der Waals surface area contributed by atoms with Crippen molar-refractivity contribution < 1.29 is 0 Å². The van der Waals surface area contributed by atoms with E-state index < -0.39 is 0 Å². The van der Waals surface area contributed by atoms with Gasteiger partial charge in [0.05, 0.1) is 4.99 Å². The van der Waals surface area contributed by atoms with E-state index in [9.17, 15) is 0 Å². The highest BCUT2D eigenvalue weighted by Crippen LogP contribution is 2.19. The van der Waals surface area contributed by atoms with Crippen LogP contribution >= 0.6 is 12.2 Å². The maximum atomic E-state index is 8.44. The van der Waals surface area contributed by atoms with Crippen molar-refractivity contribution in [1.82, 2.24) is 5.32 Å². The Hall–Kier alpha value is -1.40. The van der Waals surface area contributed by atoms with E-state index in [0.29, 0.717) is 17.3 Å². The van der Waals surface area contributed by atoms with Crippen molar-refractivity contribution in [3.8, 4) is 6.19 Å². The van der Waals surface area contributed by atoms with E-state index in [4.69, 9.17) is 17.5 Å². The van der Waals surface area contributed by atoms with E-state index in [1.165, 1.54) is 11.1 Å². The van der Waals surface area contributed by atoms with Crippen molar-refractivity contribution in [3.63, 3.8) is 0 Å². The van der Waals surface area contributed by atoms with Crippen molar-refractivity contribution in [1.29, 1.82) is 5.26 Å². The molecule has 3 heteroatoms. The van der Waals surface area contributed by atoms with Gasteiger partial charge in [-0.1, -0.05) is 50.3 Å². The van der Waals surface area contributed by atoms with Gasteiger partial charge in [-0.3, -0.25) is 5.32 Å². The van der Waals surface area contributed by atoms with Gasteiger partial charge < -0.3 is 0 Å². The number of nitrogens with one attached hydrogen (secondary N) is 1. The van der Waals surface area contributed by atoms with E-state index in [-0.39, 0.29) is 0 Å². The molecule has 0 bridgehead atoms. The van der Waals surface area contributed by atoms with E-state index in [1.807, 2.05) is 18.3 Å². The van der Waals surface area contributed by atoms with E-state index in [0.717, 1.165) is 0 Å². The predicted octanol–water partition coefficient (Wildman–Crippen LogP) is 2.75. The maximum absolute atomic E-state index is 8.44. The molecule has 0 fully saturated rings. The van der Waals surface area contributed by atoms with Gasteiger partial charge in [0, 0.05) is 6.42 Å². The van der Waals surface area contributed by atoms with Crippen molar-refractivity contribution in [2.24, 2.45) is 0 Å². The Morgan fingerprint density at radius 3 is 2.73 bits per heavy atom. The Labute approximate surface area is 95.9 Å². The normalized spacial score (nSPS) is 9.73. The second kappa shape index (κ2) is 5.47. The highest BCUT2D eigenvalue weighted by Gasteiger charge is 2.07. The first-order valence-electron chi connectivity index (χ1n) is 4.91. The molecule has 0 aliphatic carbocycles. The summed E-state index contributed by atoms with van der Waals surface area (Å²) < 4.78 is 0. The molecule has 0 spiro atoms. The van der Waals surface area contributed by atoms with Crippen molar-refractivity contribution in [3.05, 3.63) is 35.4 Å². The van der Waals surface area contributed by atoms with E-state index in [1.54, 1.807) is 0 Å². The highest BCUT2D eigenvalue weighted by atomic mass is 32.1. The third-order valence-electron chi connectivity index (χ3n) is 2.22. The van der Waals surface area contributed by atoms with Gasteiger partial charge in [-0.25, -0.2) is 0 Å². The summed E-state index contributed by atoms with van der Waals surface area (Å²) in [7, 11) is 0. The first kappa shape index (κ1) is 11.7. The second-order valence-corrected chi connectivity index (χ2v) is 4.18. The molecule has 1 aromatic rings. The third kappa shape index (κ3) is 3.34. The number of rotatable bonds is 3. The molecule has 1 N–H and O–H groups in total. The van der Waals surface area contributed by atoms with Gasteiger partial charge >= 0.3 is 0 Å². The molecule has 0 saturated carbocycles. The minimum atomic E-state index is 0.478. The zero-order valence-electron chi connectivity index (χ0n) is 8.95. The average Bonchev–Trinajstić information content (AvgIpc) is 2.18. The van der Waals surface area contributed by atoms with Crippen molar-refractivity contribution in [2.45, 2.75) is 26.2 Å². The molecule has 0 saturated heterocycles. The van der Waals surface area contributed by atoms with Gasteiger partial charge in [0.15, 0.2) is 6.19 Å². The van der Waals surface area contributed by atoms with Gasteiger partial charge in [-0.15, -0.1) is 0 Å². The topological polar surface area (TPSA) is 35.8 Å². The fourth-order valence-corrected chi connectivity index (χ4v) is 1.74. The van der Waals surface area contributed by atoms with Gasteiger partial charge in [-0.05, 0) is 17.0 Å². The molecule has 0 unspecified atom stereocenters. The van der Waals surface area contributed by atoms with Crippen molar-refractivity contribution in [2.75, 3.05) is 0 Å². The number of hydrogen-bond acceptors (Lipinski definition) is 2. The predicted molar refractivity (Wildman–Crippen MR) is 65.6 cm³/mol. The molecule has 0 heterocycles. The molecule has 0 amide bonds. The Morgan fingerprint density at radius 1 is 1.47 bits per heavy atom. The van der Waals surface area contributed by atoms with Crippen molar-refractivity contribution >= 4 is 17.2 Å². The van der Waals surface area contributed by atoms with E-state index in [2.05, 4.69) is 31.3 Å². The summed E-state index contributed by atoms with van der Waals surface area (Å²) in [6.07, 6.45) is 2.48. The summed E-state index contributed by atoms with van der Waals surface area (Å²) >= 11 is 5.05. The lowest BCUT2D eigenvalue weighted by Gasteiger charge is -2.12. The van der Waals surface area contributed by atoms with Crippen LogP contribution in [0.5, 0.6) is 0 Å². The summed E-state index contributed by atoms with van der Waals surface area (Å²) in [6.45, 7) is 4.30. The summed E-state index contributed by atoms with van der Waals surface area (Å²) in [4.78, 5) is 0.575. The molecule has 1 rings (SSSR count). The van der Waals surface area contributed by atoms with Crippen LogP contribution in [0.3, 0.4) is 0 Å². The van der Waals surface area contributed by atoms with Crippen LogP contribution in [0.4, 0.5) is 0 Å². The highest BCUT2D eigenvalue weighted by molar-refractivity contribution is 7.80. The first-order valence-corrected chi connectivity index (χ1v) is 5.31. The van der Waals surface area contributed by atoms with Crippen LogP contribution in [0.1, 0.15) is 30.9 Å². The smallest absolute Gasteiger partial charge is 0.181 e. The number of thiocarbonyl (C=S) groups is 1. The van der Waals surface area contributed by atoms with Gasteiger partial charge in [0.2, 0.25) is 0 Å². The molecule has 0 aliphatic rings. The quantitative estimate of drug-likeness (QED) is 0.481. The van der Waals surface area contributed by atoms with Crippen LogP contribution in [-0.2, 0) is 6.42 Å². The molecule has 0 aromatic heterocycles. The average molecular weight is 218 g/mol. The Kier molecular flexibility index (Phi) is 4.26. The van der Waals surface area contributed by atoms with Crippen LogP contribution in [0, 0.1) is 11.5 Å². The van der Waals surface area contributed by atoms with E-state index >= 15 is 0 Å².